The lowest BCUT2D eigenvalue weighted by Crippen LogP contribution is -2.56. The minimum absolute atomic E-state index is 0.0526. The Balaban J connectivity index is 2.21. The number of rotatable bonds is 7. The van der Waals surface area contributed by atoms with Gasteiger partial charge in [-0.25, -0.2) is 0 Å². The zero-order valence-electron chi connectivity index (χ0n) is 21.3. The van der Waals surface area contributed by atoms with E-state index in [0.29, 0.717) is 18.4 Å². The molecule has 4 nitrogen and oxygen atoms in total. The summed E-state index contributed by atoms with van der Waals surface area (Å²) >= 11 is 0. The van der Waals surface area contributed by atoms with Crippen LogP contribution in [-0.2, 0) is 14.9 Å². The number of carbonyl (C=O) groups excluding carboxylic acids is 1. The SMILES string of the molecule is CC1CCC(C(C)(C)c2ccccc2)C(OC(=O)C(CNC(C)(C)C)NC(C)(C)C)C1. The Morgan fingerprint density at radius 2 is 1.61 bits per heavy atom. The Morgan fingerprint density at radius 3 is 2.16 bits per heavy atom. The monoisotopic (exact) mass is 430 g/mol. The van der Waals surface area contributed by atoms with Crippen LogP contribution in [0.25, 0.3) is 0 Å². The van der Waals surface area contributed by atoms with Gasteiger partial charge in [0.15, 0.2) is 0 Å². The maximum Gasteiger partial charge on any atom is 0.324 e. The van der Waals surface area contributed by atoms with Crippen molar-refractivity contribution in [2.45, 2.75) is 110 Å². The summed E-state index contributed by atoms with van der Waals surface area (Å²) in [6.07, 6.45) is 3.13. The van der Waals surface area contributed by atoms with Gasteiger partial charge in [0.1, 0.15) is 12.1 Å². The molecule has 1 aliphatic rings. The van der Waals surface area contributed by atoms with Gasteiger partial charge in [0.05, 0.1) is 0 Å². The zero-order chi connectivity index (χ0) is 23.4. The number of esters is 1. The predicted molar refractivity (Wildman–Crippen MR) is 130 cm³/mol. The van der Waals surface area contributed by atoms with Crippen LogP contribution >= 0.6 is 0 Å². The standard InChI is InChI=1S/C27H46N2O2/c1-19-15-16-21(27(8,9)20-13-11-10-12-14-20)23(17-19)31-24(30)22(29-26(5,6)7)18-28-25(2,3)4/h10-14,19,21-23,28-29H,15-18H2,1-9H3. The number of hydrogen-bond acceptors (Lipinski definition) is 4. The van der Waals surface area contributed by atoms with Gasteiger partial charge < -0.3 is 10.1 Å². The van der Waals surface area contributed by atoms with Gasteiger partial charge in [0.25, 0.3) is 0 Å². The molecule has 2 rings (SSSR count). The van der Waals surface area contributed by atoms with E-state index in [1.165, 1.54) is 12.0 Å². The molecule has 1 aromatic rings. The molecule has 0 aliphatic heterocycles. The van der Waals surface area contributed by atoms with Crippen LogP contribution in [0, 0.1) is 11.8 Å². The van der Waals surface area contributed by atoms with Gasteiger partial charge >= 0.3 is 5.97 Å². The molecule has 0 bridgehead atoms. The van der Waals surface area contributed by atoms with Gasteiger partial charge in [0, 0.05) is 23.5 Å². The van der Waals surface area contributed by atoms with Crippen molar-refractivity contribution in [2.24, 2.45) is 11.8 Å². The fourth-order valence-corrected chi connectivity index (χ4v) is 4.72. The summed E-state index contributed by atoms with van der Waals surface area (Å²) in [5.41, 5.74) is 1.03. The molecule has 0 heterocycles. The molecule has 31 heavy (non-hydrogen) atoms. The first kappa shape index (κ1) is 25.9. The molecule has 1 fully saturated rings. The largest absolute Gasteiger partial charge is 0.461 e. The van der Waals surface area contributed by atoms with Gasteiger partial charge in [-0.2, -0.15) is 0 Å². The van der Waals surface area contributed by atoms with E-state index < -0.39 is 0 Å². The second-order valence-electron chi connectivity index (χ2n) is 12.2. The summed E-state index contributed by atoms with van der Waals surface area (Å²) in [5, 5.41) is 6.95. The number of benzene rings is 1. The molecule has 4 atom stereocenters. The smallest absolute Gasteiger partial charge is 0.324 e. The number of carbonyl (C=O) groups is 1. The third-order valence-corrected chi connectivity index (χ3v) is 6.49. The molecule has 176 valence electrons. The molecule has 0 aromatic heterocycles. The van der Waals surface area contributed by atoms with Crippen LogP contribution in [0.4, 0.5) is 0 Å². The molecule has 0 radical (unpaired) electrons. The van der Waals surface area contributed by atoms with Crippen LogP contribution < -0.4 is 10.6 Å². The van der Waals surface area contributed by atoms with Gasteiger partial charge in [0.2, 0.25) is 0 Å². The van der Waals surface area contributed by atoms with Crippen molar-refractivity contribution >= 4 is 5.97 Å². The minimum Gasteiger partial charge on any atom is -0.461 e. The Kier molecular flexibility index (Phi) is 8.38. The second kappa shape index (κ2) is 10.0. The first-order valence-corrected chi connectivity index (χ1v) is 12.0. The van der Waals surface area contributed by atoms with Crippen molar-refractivity contribution in [1.29, 1.82) is 0 Å². The molecular formula is C27H46N2O2. The normalized spacial score (nSPS) is 24.0. The fourth-order valence-electron chi connectivity index (χ4n) is 4.72. The maximum atomic E-state index is 13.4. The highest BCUT2D eigenvalue weighted by Crippen LogP contribution is 2.43. The van der Waals surface area contributed by atoms with Crippen molar-refractivity contribution in [3.8, 4) is 0 Å². The van der Waals surface area contributed by atoms with Crippen LogP contribution in [0.5, 0.6) is 0 Å². The number of nitrogens with one attached hydrogen (secondary N) is 2. The van der Waals surface area contributed by atoms with Crippen LogP contribution in [0.2, 0.25) is 0 Å². The molecule has 0 amide bonds. The first-order valence-electron chi connectivity index (χ1n) is 12.0. The van der Waals surface area contributed by atoms with Crippen molar-refractivity contribution in [3.05, 3.63) is 35.9 Å². The lowest BCUT2D eigenvalue weighted by Gasteiger charge is -2.44. The van der Waals surface area contributed by atoms with Crippen molar-refractivity contribution < 1.29 is 9.53 Å². The van der Waals surface area contributed by atoms with E-state index in [1.54, 1.807) is 0 Å². The molecule has 1 aliphatic carbocycles. The van der Waals surface area contributed by atoms with Crippen LogP contribution in [0.1, 0.15) is 87.1 Å². The van der Waals surface area contributed by atoms with Crippen molar-refractivity contribution in [3.63, 3.8) is 0 Å². The molecule has 1 saturated carbocycles. The molecule has 2 N–H and O–H groups in total. The average Bonchev–Trinajstić information content (AvgIpc) is 2.64. The quantitative estimate of drug-likeness (QED) is 0.564. The zero-order valence-corrected chi connectivity index (χ0v) is 21.3. The van der Waals surface area contributed by atoms with E-state index in [2.05, 4.69) is 103 Å². The first-order chi connectivity index (χ1) is 14.2. The fraction of sp³-hybridized carbons (Fsp3) is 0.741. The maximum absolute atomic E-state index is 13.4. The molecule has 1 aromatic carbocycles. The minimum atomic E-state index is -0.378. The summed E-state index contributed by atoms with van der Waals surface area (Å²) in [6, 6.07) is 10.3. The van der Waals surface area contributed by atoms with E-state index in [-0.39, 0.29) is 34.6 Å². The molecule has 0 spiro atoms. The van der Waals surface area contributed by atoms with Gasteiger partial charge in [-0.1, -0.05) is 57.5 Å². The summed E-state index contributed by atoms with van der Waals surface area (Å²) in [6.45, 7) is 20.1. The highest BCUT2D eigenvalue weighted by molar-refractivity contribution is 5.76. The topological polar surface area (TPSA) is 50.4 Å². The number of hydrogen-bond donors (Lipinski definition) is 2. The van der Waals surface area contributed by atoms with E-state index in [4.69, 9.17) is 4.74 Å². The molecule has 4 heteroatoms. The molecular weight excluding hydrogens is 384 g/mol. The average molecular weight is 431 g/mol. The van der Waals surface area contributed by atoms with E-state index in [9.17, 15) is 4.79 Å². The highest BCUT2D eigenvalue weighted by atomic mass is 16.5. The molecule has 4 unspecified atom stereocenters. The van der Waals surface area contributed by atoms with Crippen molar-refractivity contribution in [1.82, 2.24) is 10.6 Å². The highest BCUT2D eigenvalue weighted by Gasteiger charge is 2.42. The Hall–Kier alpha value is -1.39. The van der Waals surface area contributed by atoms with E-state index in [1.807, 2.05) is 0 Å². The Bertz CT molecular complexity index is 700. The Labute approximate surface area is 190 Å². The summed E-state index contributed by atoms with van der Waals surface area (Å²) in [5.74, 6) is 0.739. The third-order valence-electron chi connectivity index (χ3n) is 6.49. The second-order valence-corrected chi connectivity index (χ2v) is 12.2. The van der Waals surface area contributed by atoms with Gasteiger partial charge in [-0.15, -0.1) is 0 Å². The van der Waals surface area contributed by atoms with Crippen LogP contribution in [0.15, 0.2) is 30.3 Å². The van der Waals surface area contributed by atoms with Crippen LogP contribution in [0.3, 0.4) is 0 Å². The lowest BCUT2D eigenvalue weighted by atomic mass is 9.64. The van der Waals surface area contributed by atoms with Gasteiger partial charge in [-0.3, -0.25) is 10.1 Å². The third kappa shape index (κ3) is 7.91. The van der Waals surface area contributed by atoms with Crippen molar-refractivity contribution in [2.75, 3.05) is 6.54 Å². The lowest BCUT2D eigenvalue weighted by molar-refractivity contribution is -0.159. The Morgan fingerprint density at radius 1 is 1.00 bits per heavy atom. The molecule has 0 saturated heterocycles. The summed E-state index contributed by atoms with van der Waals surface area (Å²) < 4.78 is 6.31. The van der Waals surface area contributed by atoms with E-state index in [0.717, 1.165) is 12.8 Å². The van der Waals surface area contributed by atoms with Crippen LogP contribution in [-0.4, -0.2) is 35.7 Å². The summed E-state index contributed by atoms with van der Waals surface area (Å²) in [4.78, 5) is 13.4. The number of ether oxygens (including phenoxy) is 1. The van der Waals surface area contributed by atoms with E-state index >= 15 is 0 Å². The summed E-state index contributed by atoms with van der Waals surface area (Å²) in [7, 11) is 0. The van der Waals surface area contributed by atoms with Gasteiger partial charge in [-0.05, 0) is 71.3 Å². The predicted octanol–water partition coefficient (Wildman–Crippen LogP) is 5.46.